The summed E-state index contributed by atoms with van der Waals surface area (Å²) < 4.78 is 1.09. The van der Waals surface area contributed by atoms with E-state index < -0.39 is 0 Å². The Kier molecular flexibility index (Phi) is 3.36. The molecule has 0 saturated carbocycles. The number of fused-ring (bicyclic) bond motifs is 1. The predicted octanol–water partition coefficient (Wildman–Crippen LogP) is 5.24. The number of rotatable bonds is 2. The van der Waals surface area contributed by atoms with Gasteiger partial charge >= 0.3 is 0 Å². The van der Waals surface area contributed by atoms with Crippen LogP contribution in [0.25, 0.3) is 10.8 Å². The first kappa shape index (κ1) is 13.0. The van der Waals surface area contributed by atoms with Gasteiger partial charge in [-0.15, -0.1) is 0 Å². The van der Waals surface area contributed by atoms with E-state index in [1.807, 2.05) is 18.2 Å². The Hall–Kier alpha value is -2.00. The lowest BCUT2D eigenvalue weighted by molar-refractivity contribution is 1.44. The Morgan fingerprint density at radius 1 is 0.950 bits per heavy atom. The van der Waals surface area contributed by atoms with Crippen LogP contribution in [-0.4, -0.2) is 0 Å². The molecule has 3 aromatic carbocycles. The fourth-order valence-corrected chi connectivity index (χ4v) is 2.68. The summed E-state index contributed by atoms with van der Waals surface area (Å²) in [5.74, 6) is 0. The summed E-state index contributed by atoms with van der Waals surface area (Å²) in [7, 11) is 0. The first-order chi connectivity index (χ1) is 9.63. The van der Waals surface area contributed by atoms with Crippen molar-refractivity contribution in [1.82, 2.24) is 0 Å². The van der Waals surface area contributed by atoms with Gasteiger partial charge in [-0.2, -0.15) is 0 Å². The summed E-state index contributed by atoms with van der Waals surface area (Å²) in [6, 6.07) is 18.5. The molecule has 0 aliphatic rings. The smallest absolute Gasteiger partial charge is 0.0647 e. The van der Waals surface area contributed by atoms with Crippen LogP contribution < -0.4 is 11.1 Å². The lowest BCUT2D eigenvalue weighted by Crippen LogP contribution is -1.98. The number of nitrogens with one attached hydrogen (secondary N) is 1. The highest BCUT2D eigenvalue weighted by atomic mass is 79.9. The van der Waals surface area contributed by atoms with Gasteiger partial charge < -0.3 is 11.1 Å². The van der Waals surface area contributed by atoms with E-state index in [0.717, 1.165) is 27.1 Å². The molecule has 0 saturated heterocycles. The van der Waals surface area contributed by atoms with Crippen LogP contribution in [0.1, 0.15) is 5.56 Å². The Labute approximate surface area is 126 Å². The van der Waals surface area contributed by atoms with Crippen LogP contribution in [0.15, 0.2) is 59.1 Å². The fourth-order valence-electron chi connectivity index (χ4n) is 2.30. The molecule has 20 heavy (non-hydrogen) atoms. The molecule has 100 valence electrons. The average molecular weight is 327 g/mol. The maximum atomic E-state index is 6.03. The van der Waals surface area contributed by atoms with E-state index in [9.17, 15) is 0 Å². The van der Waals surface area contributed by atoms with Gasteiger partial charge in [0.05, 0.1) is 11.4 Å². The normalized spacial score (nSPS) is 10.7. The van der Waals surface area contributed by atoms with Crippen molar-refractivity contribution in [3.63, 3.8) is 0 Å². The maximum absolute atomic E-state index is 6.03. The zero-order chi connectivity index (χ0) is 14.1. The summed E-state index contributed by atoms with van der Waals surface area (Å²) >= 11 is 3.49. The van der Waals surface area contributed by atoms with E-state index in [4.69, 9.17) is 5.73 Å². The largest absolute Gasteiger partial charge is 0.397 e. The van der Waals surface area contributed by atoms with Crippen LogP contribution in [0.5, 0.6) is 0 Å². The van der Waals surface area contributed by atoms with Gasteiger partial charge in [0.15, 0.2) is 0 Å². The van der Waals surface area contributed by atoms with Crippen LogP contribution in [0.4, 0.5) is 17.1 Å². The molecular formula is C17H15BrN2. The third kappa shape index (κ3) is 2.49. The topological polar surface area (TPSA) is 38.0 Å². The van der Waals surface area contributed by atoms with Gasteiger partial charge in [-0.05, 0) is 53.6 Å². The number of nitrogens with two attached hydrogens (primary N) is 1. The van der Waals surface area contributed by atoms with E-state index in [0.29, 0.717) is 0 Å². The Bertz CT molecular complexity index is 761. The highest BCUT2D eigenvalue weighted by molar-refractivity contribution is 9.10. The summed E-state index contributed by atoms with van der Waals surface area (Å²) in [4.78, 5) is 0. The number of aryl methyl sites for hydroxylation is 1. The van der Waals surface area contributed by atoms with Crippen LogP contribution in [0, 0.1) is 6.92 Å². The summed E-state index contributed by atoms with van der Waals surface area (Å²) in [5, 5.41) is 5.82. The Balaban J connectivity index is 2.01. The highest BCUT2D eigenvalue weighted by Gasteiger charge is 2.04. The molecule has 3 rings (SSSR count). The first-order valence-corrected chi connectivity index (χ1v) is 7.24. The van der Waals surface area contributed by atoms with Crippen LogP contribution in [0.3, 0.4) is 0 Å². The molecule has 3 heteroatoms. The van der Waals surface area contributed by atoms with E-state index >= 15 is 0 Å². The van der Waals surface area contributed by atoms with Gasteiger partial charge in [-0.25, -0.2) is 0 Å². The molecule has 0 bridgehead atoms. The number of benzene rings is 3. The maximum Gasteiger partial charge on any atom is 0.0647 e. The summed E-state index contributed by atoms with van der Waals surface area (Å²) in [6.07, 6.45) is 0. The fraction of sp³-hybridized carbons (Fsp3) is 0.0588. The third-order valence-corrected chi connectivity index (χ3v) is 3.87. The average Bonchev–Trinajstić information content (AvgIpc) is 2.43. The van der Waals surface area contributed by atoms with E-state index in [1.54, 1.807) is 0 Å². The minimum Gasteiger partial charge on any atom is -0.397 e. The number of hydrogen-bond acceptors (Lipinski definition) is 2. The first-order valence-electron chi connectivity index (χ1n) is 6.45. The van der Waals surface area contributed by atoms with Crippen molar-refractivity contribution >= 4 is 43.8 Å². The minimum absolute atomic E-state index is 0.765. The molecule has 0 spiro atoms. The summed E-state index contributed by atoms with van der Waals surface area (Å²) in [6.45, 7) is 2.05. The van der Waals surface area contributed by atoms with Crippen molar-refractivity contribution < 1.29 is 0 Å². The molecule has 3 N–H and O–H groups in total. The number of nitrogen functional groups attached to an aromatic ring is 1. The zero-order valence-corrected chi connectivity index (χ0v) is 12.7. The zero-order valence-electron chi connectivity index (χ0n) is 11.2. The molecule has 0 heterocycles. The lowest BCUT2D eigenvalue weighted by Gasteiger charge is -2.13. The van der Waals surface area contributed by atoms with Crippen LogP contribution in [-0.2, 0) is 0 Å². The number of anilines is 3. The molecule has 0 aliphatic heterocycles. The SMILES string of the molecule is Cc1cccc(N)c1Nc1ccc2cc(Br)ccc2c1. The Morgan fingerprint density at radius 2 is 1.70 bits per heavy atom. The monoisotopic (exact) mass is 326 g/mol. The van der Waals surface area contributed by atoms with Crippen molar-refractivity contribution in [2.75, 3.05) is 11.1 Å². The van der Waals surface area contributed by atoms with Gasteiger partial charge in [-0.1, -0.05) is 40.2 Å². The number of halogens is 1. The van der Waals surface area contributed by atoms with Gasteiger partial charge in [0, 0.05) is 10.2 Å². The van der Waals surface area contributed by atoms with Gasteiger partial charge in [0.25, 0.3) is 0 Å². The molecule has 0 atom stereocenters. The molecule has 0 unspecified atom stereocenters. The second kappa shape index (κ2) is 5.17. The van der Waals surface area contributed by atoms with Gasteiger partial charge in [-0.3, -0.25) is 0 Å². The lowest BCUT2D eigenvalue weighted by atomic mass is 10.1. The molecule has 0 aromatic heterocycles. The number of para-hydroxylation sites is 1. The van der Waals surface area contributed by atoms with Gasteiger partial charge in [0.1, 0.15) is 0 Å². The highest BCUT2D eigenvalue weighted by Crippen LogP contribution is 2.29. The van der Waals surface area contributed by atoms with E-state index in [2.05, 4.69) is 64.6 Å². The molecule has 0 aliphatic carbocycles. The van der Waals surface area contributed by atoms with Crippen molar-refractivity contribution in [3.8, 4) is 0 Å². The molecule has 3 aromatic rings. The standard InChI is InChI=1S/C17H15BrN2/c1-11-3-2-4-16(19)17(11)20-15-8-6-12-9-14(18)7-5-13(12)10-15/h2-10,20H,19H2,1H3. The molecule has 0 amide bonds. The van der Waals surface area contributed by atoms with Crippen molar-refractivity contribution in [2.24, 2.45) is 0 Å². The molecule has 0 radical (unpaired) electrons. The summed E-state index contributed by atoms with van der Waals surface area (Å²) in [5.41, 5.74) is 9.96. The van der Waals surface area contributed by atoms with Gasteiger partial charge in [0.2, 0.25) is 0 Å². The van der Waals surface area contributed by atoms with Crippen molar-refractivity contribution in [3.05, 3.63) is 64.6 Å². The quantitative estimate of drug-likeness (QED) is 0.632. The van der Waals surface area contributed by atoms with Crippen molar-refractivity contribution in [1.29, 1.82) is 0 Å². The molecular weight excluding hydrogens is 312 g/mol. The van der Waals surface area contributed by atoms with Crippen LogP contribution >= 0.6 is 15.9 Å². The third-order valence-electron chi connectivity index (χ3n) is 3.38. The minimum atomic E-state index is 0.765. The molecule has 0 fully saturated rings. The van der Waals surface area contributed by atoms with E-state index in [-0.39, 0.29) is 0 Å². The second-order valence-corrected chi connectivity index (χ2v) is 5.79. The predicted molar refractivity (Wildman–Crippen MR) is 90.5 cm³/mol. The second-order valence-electron chi connectivity index (χ2n) is 4.87. The van der Waals surface area contributed by atoms with Crippen LogP contribution in [0.2, 0.25) is 0 Å². The van der Waals surface area contributed by atoms with E-state index in [1.165, 1.54) is 10.8 Å². The van der Waals surface area contributed by atoms with Crippen molar-refractivity contribution in [2.45, 2.75) is 6.92 Å². The Morgan fingerprint density at radius 3 is 2.50 bits per heavy atom. The number of hydrogen-bond donors (Lipinski definition) is 2. The molecule has 2 nitrogen and oxygen atoms in total.